The van der Waals surface area contributed by atoms with Crippen LogP contribution in [0.3, 0.4) is 0 Å². The van der Waals surface area contributed by atoms with Gasteiger partial charge in [0.2, 0.25) is 0 Å². The van der Waals surface area contributed by atoms with Crippen LogP contribution in [0.5, 0.6) is 5.88 Å². The van der Waals surface area contributed by atoms with E-state index in [1.54, 1.807) is 19.2 Å². The van der Waals surface area contributed by atoms with E-state index in [0.717, 1.165) is 5.56 Å². The van der Waals surface area contributed by atoms with Crippen LogP contribution in [0.2, 0.25) is 0 Å². The number of hydrogen-bond acceptors (Lipinski definition) is 4. The van der Waals surface area contributed by atoms with E-state index in [9.17, 15) is 0 Å². The second kappa shape index (κ2) is 2.99. The average molecular weight is 149 g/mol. The molecule has 0 atom stereocenters. The highest BCUT2D eigenvalue weighted by Gasteiger charge is 2.05. The maximum Gasteiger partial charge on any atom is 0.255 e. The average Bonchev–Trinajstić information content (AvgIpc) is 2.04. The lowest BCUT2D eigenvalue weighted by molar-refractivity contribution is 0.319. The fraction of sp³-hybridized carbons (Fsp3) is 0.143. The lowest BCUT2D eigenvalue weighted by atomic mass is 10.2. The SMILES string of the molecule is Cc1ccnc(ON)c1C#N. The number of aryl methyl sites for hydroxylation is 1. The summed E-state index contributed by atoms with van der Waals surface area (Å²) >= 11 is 0. The summed E-state index contributed by atoms with van der Waals surface area (Å²) in [7, 11) is 0. The van der Waals surface area contributed by atoms with Crippen molar-refractivity contribution in [2.45, 2.75) is 6.92 Å². The van der Waals surface area contributed by atoms with E-state index < -0.39 is 0 Å². The molecule has 0 aliphatic heterocycles. The third kappa shape index (κ3) is 1.28. The summed E-state index contributed by atoms with van der Waals surface area (Å²) in [6.07, 6.45) is 1.54. The predicted molar refractivity (Wildman–Crippen MR) is 38.5 cm³/mol. The minimum Gasteiger partial charge on any atom is -0.390 e. The van der Waals surface area contributed by atoms with Crippen LogP contribution < -0.4 is 10.7 Å². The summed E-state index contributed by atoms with van der Waals surface area (Å²) in [6.45, 7) is 1.79. The second-order valence-electron chi connectivity index (χ2n) is 2.04. The quantitative estimate of drug-likeness (QED) is 0.590. The highest BCUT2D eigenvalue weighted by Crippen LogP contribution is 2.15. The molecule has 1 rings (SSSR count). The van der Waals surface area contributed by atoms with Crippen molar-refractivity contribution in [3.63, 3.8) is 0 Å². The maximum atomic E-state index is 8.60. The van der Waals surface area contributed by atoms with E-state index in [4.69, 9.17) is 11.2 Å². The van der Waals surface area contributed by atoms with E-state index in [1.807, 2.05) is 6.07 Å². The van der Waals surface area contributed by atoms with Gasteiger partial charge >= 0.3 is 0 Å². The van der Waals surface area contributed by atoms with Crippen LogP contribution in [0.4, 0.5) is 0 Å². The number of nitriles is 1. The molecule has 1 aromatic rings. The van der Waals surface area contributed by atoms with Crippen LogP contribution >= 0.6 is 0 Å². The summed E-state index contributed by atoms with van der Waals surface area (Å²) < 4.78 is 0. The van der Waals surface area contributed by atoms with Gasteiger partial charge in [0.25, 0.3) is 5.88 Å². The van der Waals surface area contributed by atoms with Crippen molar-refractivity contribution < 1.29 is 4.84 Å². The summed E-state index contributed by atoms with van der Waals surface area (Å²) in [5.41, 5.74) is 1.19. The van der Waals surface area contributed by atoms with Gasteiger partial charge in [-0.3, -0.25) is 0 Å². The summed E-state index contributed by atoms with van der Waals surface area (Å²) in [5, 5.41) is 8.60. The highest BCUT2D eigenvalue weighted by molar-refractivity contribution is 5.43. The lowest BCUT2D eigenvalue weighted by Gasteiger charge is -2.00. The molecule has 0 unspecified atom stereocenters. The number of hydrogen-bond donors (Lipinski definition) is 1. The molecule has 0 aromatic carbocycles. The number of nitrogens with zero attached hydrogens (tertiary/aromatic N) is 2. The third-order valence-corrected chi connectivity index (χ3v) is 1.35. The normalized spacial score (nSPS) is 8.82. The van der Waals surface area contributed by atoms with Gasteiger partial charge in [0.1, 0.15) is 11.6 Å². The fourth-order valence-corrected chi connectivity index (χ4v) is 0.759. The Kier molecular flexibility index (Phi) is 2.04. The first-order chi connectivity index (χ1) is 5.29. The van der Waals surface area contributed by atoms with Gasteiger partial charge in [0.05, 0.1) is 0 Å². The highest BCUT2D eigenvalue weighted by atomic mass is 16.6. The van der Waals surface area contributed by atoms with Crippen molar-refractivity contribution in [3.05, 3.63) is 23.4 Å². The summed E-state index contributed by atoms with van der Waals surface area (Å²) in [4.78, 5) is 8.14. The second-order valence-corrected chi connectivity index (χ2v) is 2.04. The summed E-state index contributed by atoms with van der Waals surface area (Å²) in [5.74, 6) is 5.06. The molecule has 0 radical (unpaired) electrons. The van der Waals surface area contributed by atoms with Crippen LogP contribution in [0, 0.1) is 18.3 Å². The molecular weight excluding hydrogens is 142 g/mol. The molecule has 2 N–H and O–H groups in total. The van der Waals surface area contributed by atoms with Crippen molar-refractivity contribution in [1.82, 2.24) is 4.98 Å². The molecule has 4 heteroatoms. The Morgan fingerprint density at radius 1 is 1.73 bits per heavy atom. The number of pyridine rings is 1. The largest absolute Gasteiger partial charge is 0.390 e. The van der Waals surface area contributed by atoms with Gasteiger partial charge in [-0.25, -0.2) is 4.98 Å². The zero-order chi connectivity index (χ0) is 8.27. The first-order valence-electron chi connectivity index (χ1n) is 3.02. The van der Waals surface area contributed by atoms with Gasteiger partial charge in [-0.15, -0.1) is 0 Å². The first-order valence-corrected chi connectivity index (χ1v) is 3.02. The molecule has 0 spiro atoms. The molecule has 1 heterocycles. The van der Waals surface area contributed by atoms with Crippen LogP contribution in [0.15, 0.2) is 12.3 Å². The van der Waals surface area contributed by atoms with E-state index in [2.05, 4.69) is 9.82 Å². The van der Waals surface area contributed by atoms with E-state index in [0.29, 0.717) is 5.56 Å². The molecule has 56 valence electrons. The lowest BCUT2D eigenvalue weighted by Crippen LogP contribution is -2.06. The Labute approximate surface area is 64.2 Å². The standard InChI is InChI=1S/C7H7N3O/c1-5-2-3-10-7(11-9)6(5)4-8/h2-3H,9H2,1H3. The molecule has 0 aliphatic rings. The maximum absolute atomic E-state index is 8.60. The zero-order valence-corrected chi connectivity index (χ0v) is 6.03. The van der Waals surface area contributed by atoms with E-state index in [1.165, 1.54) is 0 Å². The Bertz CT molecular complexity index is 303. The van der Waals surface area contributed by atoms with E-state index in [-0.39, 0.29) is 5.88 Å². The molecule has 4 nitrogen and oxygen atoms in total. The van der Waals surface area contributed by atoms with Crippen molar-refractivity contribution in [2.24, 2.45) is 5.90 Å². The molecular formula is C7H7N3O. The molecule has 1 aromatic heterocycles. The molecule has 0 saturated carbocycles. The molecule has 11 heavy (non-hydrogen) atoms. The molecule has 0 amide bonds. The zero-order valence-electron chi connectivity index (χ0n) is 6.03. The smallest absolute Gasteiger partial charge is 0.255 e. The van der Waals surface area contributed by atoms with Crippen LogP contribution in [0.1, 0.15) is 11.1 Å². The van der Waals surface area contributed by atoms with Crippen molar-refractivity contribution in [3.8, 4) is 11.9 Å². The Balaban J connectivity index is 3.27. The Morgan fingerprint density at radius 3 is 2.91 bits per heavy atom. The Hall–Kier alpha value is -1.60. The van der Waals surface area contributed by atoms with Crippen LogP contribution in [0.25, 0.3) is 0 Å². The van der Waals surface area contributed by atoms with Gasteiger partial charge < -0.3 is 4.84 Å². The molecule has 0 saturated heterocycles. The number of rotatable bonds is 1. The minimum atomic E-state index is 0.174. The van der Waals surface area contributed by atoms with Crippen LogP contribution in [-0.2, 0) is 0 Å². The number of aromatic nitrogens is 1. The van der Waals surface area contributed by atoms with Gasteiger partial charge in [0, 0.05) is 6.20 Å². The Morgan fingerprint density at radius 2 is 2.45 bits per heavy atom. The third-order valence-electron chi connectivity index (χ3n) is 1.35. The molecule has 0 aliphatic carbocycles. The minimum absolute atomic E-state index is 0.174. The first kappa shape index (κ1) is 7.51. The van der Waals surface area contributed by atoms with Crippen molar-refractivity contribution in [2.75, 3.05) is 0 Å². The van der Waals surface area contributed by atoms with Crippen molar-refractivity contribution >= 4 is 0 Å². The van der Waals surface area contributed by atoms with Gasteiger partial charge in [-0.1, -0.05) is 0 Å². The number of nitrogens with two attached hydrogens (primary N) is 1. The van der Waals surface area contributed by atoms with E-state index >= 15 is 0 Å². The topological polar surface area (TPSA) is 71.9 Å². The van der Waals surface area contributed by atoms with Gasteiger partial charge in [-0.2, -0.15) is 11.2 Å². The monoisotopic (exact) mass is 149 g/mol. The fourth-order valence-electron chi connectivity index (χ4n) is 0.759. The predicted octanol–water partition coefficient (Wildman–Crippen LogP) is 0.514. The molecule has 0 bridgehead atoms. The van der Waals surface area contributed by atoms with Gasteiger partial charge in [-0.05, 0) is 18.6 Å². The summed E-state index contributed by atoms with van der Waals surface area (Å²) in [6, 6.07) is 3.67. The van der Waals surface area contributed by atoms with Crippen LogP contribution in [-0.4, -0.2) is 4.98 Å². The van der Waals surface area contributed by atoms with Crippen molar-refractivity contribution in [1.29, 1.82) is 5.26 Å². The molecule has 0 fully saturated rings. The van der Waals surface area contributed by atoms with Gasteiger partial charge in [0.15, 0.2) is 0 Å².